The molecule has 0 aromatic rings. The highest BCUT2D eigenvalue weighted by Gasteiger charge is 2.32. The van der Waals surface area contributed by atoms with Crippen LogP contribution in [0.3, 0.4) is 0 Å². The zero-order valence-corrected chi connectivity index (χ0v) is 12.0. The molecule has 0 bridgehead atoms. The number of carbonyl (C=O) groups is 1. The first-order valence-electron chi connectivity index (χ1n) is 6.47. The van der Waals surface area contributed by atoms with E-state index in [1.54, 1.807) is 7.11 Å². The predicted octanol–water partition coefficient (Wildman–Crippen LogP) is 2.09. The van der Waals surface area contributed by atoms with Crippen molar-refractivity contribution in [2.75, 3.05) is 13.7 Å². The predicted molar refractivity (Wildman–Crippen MR) is 68.6 cm³/mol. The summed E-state index contributed by atoms with van der Waals surface area (Å²) >= 11 is 0. The molecule has 0 saturated carbocycles. The van der Waals surface area contributed by atoms with Crippen LogP contribution in [0, 0.1) is 0 Å². The van der Waals surface area contributed by atoms with Gasteiger partial charge in [-0.25, -0.2) is 4.79 Å². The Kier molecular flexibility index (Phi) is 5.41. The molecule has 1 aliphatic heterocycles. The van der Waals surface area contributed by atoms with Crippen LogP contribution in [0.15, 0.2) is 0 Å². The van der Waals surface area contributed by atoms with Gasteiger partial charge in [-0.3, -0.25) is 0 Å². The van der Waals surface area contributed by atoms with Crippen LogP contribution in [-0.2, 0) is 14.2 Å². The van der Waals surface area contributed by atoms with Gasteiger partial charge in [0.1, 0.15) is 11.7 Å². The Bertz CT molecular complexity index is 275. The van der Waals surface area contributed by atoms with Crippen molar-refractivity contribution in [1.82, 2.24) is 5.32 Å². The summed E-state index contributed by atoms with van der Waals surface area (Å²) < 4.78 is 16.3. The van der Waals surface area contributed by atoms with E-state index in [2.05, 4.69) is 5.32 Å². The molecule has 1 saturated heterocycles. The standard InChI is InChI=1S/C13H25NO4/c1-9-11(16-5)10(7-6-8-17-9)14-12(15)18-13(2,3)4/h9-11H,6-8H2,1-5H3,(H,14,15)/t9?,10?,11-/m1/s1. The Hall–Kier alpha value is -0.810. The number of hydrogen-bond donors (Lipinski definition) is 1. The fourth-order valence-electron chi connectivity index (χ4n) is 2.13. The lowest BCUT2D eigenvalue weighted by molar-refractivity contribution is -0.0478. The van der Waals surface area contributed by atoms with Crippen molar-refractivity contribution < 1.29 is 19.0 Å². The van der Waals surface area contributed by atoms with E-state index in [0.29, 0.717) is 6.61 Å². The molecule has 1 heterocycles. The Morgan fingerprint density at radius 2 is 2.06 bits per heavy atom. The van der Waals surface area contributed by atoms with Gasteiger partial charge < -0.3 is 19.5 Å². The Morgan fingerprint density at radius 1 is 1.39 bits per heavy atom. The fraction of sp³-hybridized carbons (Fsp3) is 0.923. The molecular weight excluding hydrogens is 234 g/mol. The van der Waals surface area contributed by atoms with Crippen molar-refractivity contribution in [3.63, 3.8) is 0 Å². The Balaban J connectivity index is 2.59. The van der Waals surface area contributed by atoms with Crippen LogP contribution in [0.5, 0.6) is 0 Å². The number of amides is 1. The smallest absolute Gasteiger partial charge is 0.407 e. The molecule has 5 heteroatoms. The van der Waals surface area contributed by atoms with Gasteiger partial charge in [0, 0.05) is 13.7 Å². The van der Waals surface area contributed by atoms with Crippen molar-refractivity contribution in [2.24, 2.45) is 0 Å². The molecule has 1 rings (SSSR count). The van der Waals surface area contributed by atoms with E-state index in [0.717, 1.165) is 12.8 Å². The molecule has 2 unspecified atom stereocenters. The maximum Gasteiger partial charge on any atom is 0.407 e. The molecule has 1 amide bonds. The average molecular weight is 259 g/mol. The van der Waals surface area contributed by atoms with Crippen molar-refractivity contribution in [3.8, 4) is 0 Å². The highest BCUT2D eigenvalue weighted by atomic mass is 16.6. The number of alkyl carbamates (subject to hydrolysis) is 1. The number of carbonyl (C=O) groups excluding carboxylic acids is 1. The molecule has 1 aliphatic rings. The van der Waals surface area contributed by atoms with Crippen molar-refractivity contribution >= 4 is 6.09 Å². The Labute approximate surface area is 109 Å². The molecular formula is C13H25NO4. The summed E-state index contributed by atoms with van der Waals surface area (Å²) in [5.74, 6) is 0. The van der Waals surface area contributed by atoms with E-state index < -0.39 is 11.7 Å². The highest BCUT2D eigenvalue weighted by molar-refractivity contribution is 5.68. The molecule has 106 valence electrons. The number of methoxy groups -OCH3 is 1. The van der Waals surface area contributed by atoms with Crippen molar-refractivity contribution in [2.45, 2.75) is 64.4 Å². The molecule has 5 nitrogen and oxygen atoms in total. The van der Waals surface area contributed by atoms with Gasteiger partial charge in [-0.05, 0) is 40.5 Å². The zero-order valence-electron chi connectivity index (χ0n) is 12.0. The summed E-state index contributed by atoms with van der Waals surface area (Å²) in [6.45, 7) is 8.20. The third kappa shape index (κ3) is 4.82. The van der Waals surface area contributed by atoms with Crippen LogP contribution in [0.4, 0.5) is 4.79 Å². The zero-order chi connectivity index (χ0) is 13.8. The normalized spacial score (nSPS) is 29.5. The van der Waals surface area contributed by atoms with Crippen LogP contribution in [0.2, 0.25) is 0 Å². The Morgan fingerprint density at radius 3 is 2.61 bits per heavy atom. The summed E-state index contributed by atoms with van der Waals surface area (Å²) in [5.41, 5.74) is -0.487. The van der Waals surface area contributed by atoms with Gasteiger partial charge in [0.2, 0.25) is 0 Å². The van der Waals surface area contributed by atoms with Crippen LogP contribution in [-0.4, -0.2) is 43.7 Å². The van der Waals surface area contributed by atoms with E-state index >= 15 is 0 Å². The van der Waals surface area contributed by atoms with Gasteiger partial charge in [0.15, 0.2) is 0 Å². The molecule has 0 aliphatic carbocycles. The number of hydrogen-bond acceptors (Lipinski definition) is 4. The second kappa shape index (κ2) is 6.38. The molecule has 1 fully saturated rings. The topological polar surface area (TPSA) is 56.8 Å². The monoisotopic (exact) mass is 259 g/mol. The lowest BCUT2D eigenvalue weighted by atomic mass is 10.0. The first kappa shape index (κ1) is 15.2. The molecule has 3 atom stereocenters. The van der Waals surface area contributed by atoms with E-state index in [-0.39, 0.29) is 18.2 Å². The van der Waals surface area contributed by atoms with Crippen molar-refractivity contribution in [1.29, 1.82) is 0 Å². The van der Waals surface area contributed by atoms with E-state index in [4.69, 9.17) is 14.2 Å². The SMILES string of the molecule is CO[C@H]1C(NC(=O)OC(C)(C)C)CCCOC1C. The first-order valence-corrected chi connectivity index (χ1v) is 6.47. The second-order valence-electron chi connectivity index (χ2n) is 5.67. The minimum Gasteiger partial charge on any atom is -0.444 e. The van der Waals surface area contributed by atoms with Crippen LogP contribution in [0.25, 0.3) is 0 Å². The summed E-state index contributed by atoms with van der Waals surface area (Å²) in [5, 5.41) is 2.88. The van der Waals surface area contributed by atoms with E-state index in [1.807, 2.05) is 27.7 Å². The largest absolute Gasteiger partial charge is 0.444 e. The van der Waals surface area contributed by atoms with E-state index in [1.165, 1.54) is 0 Å². The van der Waals surface area contributed by atoms with E-state index in [9.17, 15) is 4.79 Å². The third-order valence-corrected chi connectivity index (χ3v) is 2.87. The summed E-state index contributed by atoms with van der Waals surface area (Å²) in [6.07, 6.45) is 1.17. The number of ether oxygens (including phenoxy) is 3. The van der Waals surface area contributed by atoms with Crippen molar-refractivity contribution in [3.05, 3.63) is 0 Å². The average Bonchev–Trinajstić information content (AvgIpc) is 2.37. The minimum absolute atomic E-state index is 0.0302. The van der Waals surface area contributed by atoms with Crippen LogP contribution in [0.1, 0.15) is 40.5 Å². The molecule has 0 spiro atoms. The maximum absolute atomic E-state index is 11.8. The quantitative estimate of drug-likeness (QED) is 0.825. The van der Waals surface area contributed by atoms with Crippen LogP contribution < -0.4 is 5.32 Å². The molecule has 0 aromatic carbocycles. The van der Waals surface area contributed by atoms with Gasteiger partial charge >= 0.3 is 6.09 Å². The maximum atomic E-state index is 11.8. The van der Waals surface area contributed by atoms with Gasteiger partial charge in [0.25, 0.3) is 0 Å². The summed E-state index contributed by atoms with van der Waals surface area (Å²) in [7, 11) is 1.64. The first-order chi connectivity index (χ1) is 8.33. The molecule has 0 aromatic heterocycles. The summed E-state index contributed by atoms with van der Waals surface area (Å²) in [4.78, 5) is 11.8. The summed E-state index contributed by atoms with van der Waals surface area (Å²) in [6, 6.07) is -0.0673. The lowest BCUT2D eigenvalue weighted by Gasteiger charge is -2.29. The molecule has 18 heavy (non-hydrogen) atoms. The van der Waals surface area contributed by atoms with Gasteiger partial charge in [-0.2, -0.15) is 0 Å². The third-order valence-electron chi connectivity index (χ3n) is 2.87. The number of nitrogens with one attached hydrogen (secondary N) is 1. The molecule has 0 radical (unpaired) electrons. The fourth-order valence-corrected chi connectivity index (χ4v) is 2.13. The second-order valence-corrected chi connectivity index (χ2v) is 5.67. The number of rotatable bonds is 2. The highest BCUT2D eigenvalue weighted by Crippen LogP contribution is 2.18. The lowest BCUT2D eigenvalue weighted by Crippen LogP contribution is -2.49. The minimum atomic E-state index is -0.487. The van der Waals surface area contributed by atoms with Gasteiger partial charge in [-0.15, -0.1) is 0 Å². The molecule has 1 N–H and O–H groups in total. The van der Waals surface area contributed by atoms with Gasteiger partial charge in [-0.1, -0.05) is 0 Å². The van der Waals surface area contributed by atoms with Crippen LogP contribution >= 0.6 is 0 Å². The van der Waals surface area contributed by atoms with Gasteiger partial charge in [0.05, 0.1) is 12.1 Å².